The number of anilines is 1. The second kappa shape index (κ2) is 7.98. The van der Waals surface area contributed by atoms with Gasteiger partial charge in [-0.25, -0.2) is 10.5 Å². The van der Waals surface area contributed by atoms with Gasteiger partial charge in [-0.05, 0) is 43.0 Å². The highest BCUT2D eigenvalue weighted by Gasteiger charge is 2.13. The molecule has 0 aliphatic carbocycles. The molecular formula is C21H22N6S. The molecule has 142 valence electrons. The van der Waals surface area contributed by atoms with Crippen molar-refractivity contribution in [2.45, 2.75) is 38.2 Å². The summed E-state index contributed by atoms with van der Waals surface area (Å²) in [5.41, 5.74) is 11.4. The largest absolute Gasteiger partial charge is 0.278 e. The van der Waals surface area contributed by atoms with Crippen molar-refractivity contribution >= 4 is 29.6 Å². The van der Waals surface area contributed by atoms with Crippen LogP contribution < -0.4 is 5.43 Å². The maximum Gasteiger partial charge on any atom is 0.240 e. The Hall–Kier alpha value is -2.93. The predicted molar refractivity (Wildman–Crippen MR) is 115 cm³/mol. The van der Waals surface area contributed by atoms with Crippen molar-refractivity contribution in [2.75, 3.05) is 5.43 Å². The van der Waals surface area contributed by atoms with E-state index in [1.54, 1.807) is 18.0 Å². The molecule has 1 aromatic heterocycles. The number of nitrogens with one attached hydrogen (secondary N) is 2. The summed E-state index contributed by atoms with van der Waals surface area (Å²) in [5, 5.41) is 12.1. The number of aromatic amines is 1. The van der Waals surface area contributed by atoms with E-state index in [-0.39, 0.29) is 0 Å². The number of thioether (sulfide) groups is 1. The first-order chi connectivity index (χ1) is 13.6. The number of hydrogen-bond acceptors (Lipinski definition) is 6. The van der Waals surface area contributed by atoms with Gasteiger partial charge in [-0.1, -0.05) is 53.7 Å². The van der Waals surface area contributed by atoms with Crippen LogP contribution in [0, 0.1) is 20.8 Å². The zero-order valence-corrected chi connectivity index (χ0v) is 17.0. The van der Waals surface area contributed by atoms with Crippen LogP contribution in [0.1, 0.15) is 33.4 Å². The van der Waals surface area contributed by atoms with E-state index in [0.717, 1.165) is 17.0 Å². The summed E-state index contributed by atoms with van der Waals surface area (Å²) in [7, 11) is 0. The third kappa shape index (κ3) is 3.99. The van der Waals surface area contributed by atoms with Gasteiger partial charge in [0.1, 0.15) is 0 Å². The number of aliphatic imine (C=N–C) groups is 1. The number of aryl methyl sites for hydroxylation is 3. The highest BCUT2D eigenvalue weighted by atomic mass is 32.2. The van der Waals surface area contributed by atoms with Crippen molar-refractivity contribution in [3.05, 3.63) is 69.8 Å². The molecule has 0 saturated carbocycles. The van der Waals surface area contributed by atoms with Crippen LogP contribution in [-0.4, -0.2) is 27.1 Å². The lowest BCUT2D eigenvalue weighted by molar-refractivity contribution is 0.972. The van der Waals surface area contributed by atoms with Gasteiger partial charge in [0, 0.05) is 11.3 Å². The number of benzene rings is 2. The van der Waals surface area contributed by atoms with E-state index in [2.05, 4.69) is 75.7 Å². The van der Waals surface area contributed by atoms with Crippen molar-refractivity contribution in [2.24, 2.45) is 10.1 Å². The summed E-state index contributed by atoms with van der Waals surface area (Å²) in [6, 6.07) is 12.6. The molecule has 0 fully saturated rings. The van der Waals surface area contributed by atoms with E-state index < -0.39 is 0 Å². The van der Waals surface area contributed by atoms with Crippen molar-refractivity contribution in [3.63, 3.8) is 0 Å². The van der Waals surface area contributed by atoms with Crippen molar-refractivity contribution in [1.29, 1.82) is 0 Å². The normalized spacial score (nSPS) is 13.0. The number of nitrogens with zero attached hydrogens (tertiary/aromatic N) is 4. The monoisotopic (exact) mass is 390 g/mol. The fourth-order valence-corrected chi connectivity index (χ4v) is 4.36. The zero-order valence-electron chi connectivity index (χ0n) is 16.2. The molecule has 3 aromatic rings. The van der Waals surface area contributed by atoms with E-state index in [0.29, 0.717) is 17.6 Å². The SMILES string of the molecule is Cc1cc(C)c(CSc2n[nH]c(N/N=C\C3=NCc4ccccc43)n2)c(C)c1. The van der Waals surface area contributed by atoms with Gasteiger partial charge in [-0.15, -0.1) is 5.10 Å². The number of rotatable bonds is 6. The molecule has 0 bridgehead atoms. The zero-order chi connectivity index (χ0) is 19.5. The maximum atomic E-state index is 4.50. The van der Waals surface area contributed by atoms with Crippen molar-refractivity contribution in [1.82, 2.24) is 15.2 Å². The molecule has 1 aliphatic heterocycles. The first-order valence-electron chi connectivity index (χ1n) is 9.14. The van der Waals surface area contributed by atoms with Gasteiger partial charge in [-0.2, -0.15) is 10.1 Å². The molecule has 0 amide bonds. The van der Waals surface area contributed by atoms with Crippen LogP contribution in [0.25, 0.3) is 0 Å². The minimum Gasteiger partial charge on any atom is -0.278 e. The maximum absolute atomic E-state index is 4.50. The molecule has 0 saturated heterocycles. The lowest BCUT2D eigenvalue weighted by atomic mass is 10.0. The molecule has 1 aliphatic rings. The fraction of sp³-hybridized carbons (Fsp3) is 0.238. The molecule has 0 unspecified atom stereocenters. The Kier molecular flexibility index (Phi) is 5.25. The Balaban J connectivity index is 1.35. The van der Waals surface area contributed by atoms with Crippen molar-refractivity contribution in [3.8, 4) is 0 Å². The average molecular weight is 391 g/mol. The predicted octanol–water partition coefficient (Wildman–Crippen LogP) is 4.42. The lowest BCUT2D eigenvalue weighted by Gasteiger charge is -2.09. The summed E-state index contributed by atoms with van der Waals surface area (Å²) < 4.78 is 0. The summed E-state index contributed by atoms with van der Waals surface area (Å²) in [5.74, 6) is 1.36. The molecular weight excluding hydrogens is 368 g/mol. The first kappa shape index (κ1) is 18.4. The summed E-state index contributed by atoms with van der Waals surface area (Å²) >= 11 is 1.61. The third-order valence-electron chi connectivity index (χ3n) is 4.72. The number of fused-ring (bicyclic) bond motifs is 1. The Bertz CT molecular complexity index is 1040. The lowest BCUT2D eigenvalue weighted by Crippen LogP contribution is -2.02. The Morgan fingerprint density at radius 2 is 1.96 bits per heavy atom. The van der Waals surface area contributed by atoms with Crippen LogP contribution in [-0.2, 0) is 12.3 Å². The molecule has 0 spiro atoms. The van der Waals surface area contributed by atoms with Gasteiger partial charge in [0.2, 0.25) is 11.1 Å². The Morgan fingerprint density at radius 3 is 2.79 bits per heavy atom. The van der Waals surface area contributed by atoms with E-state index >= 15 is 0 Å². The van der Waals surface area contributed by atoms with Gasteiger partial charge in [0.05, 0.1) is 18.5 Å². The highest BCUT2D eigenvalue weighted by Crippen LogP contribution is 2.25. The van der Waals surface area contributed by atoms with E-state index in [9.17, 15) is 0 Å². The molecule has 7 heteroatoms. The summed E-state index contributed by atoms with van der Waals surface area (Å²) in [6.45, 7) is 7.14. The van der Waals surface area contributed by atoms with Gasteiger partial charge >= 0.3 is 0 Å². The van der Waals surface area contributed by atoms with Crippen molar-refractivity contribution < 1.29 is 0 Å². The Labute approximate surface area is 168 Å². The van der Waals surface area contributed by atoms with Crippen LogP contribution in [0.2, 0.25) is 0 Å². The van der Waals surface area contributed by atoms with Gasteiger partial charge < -0.3 is 0 Å². The highest BCUT2D eigenvalue weighted by molar-refractivity contribution is 7.98. The van der Waals surface area contributed by atoms with E-state index in [1.807, 2.05) is 12.1 Å². The number of hydrazone groups is 1. The molecule has 0 radical (unpaired) electrons. The minimum absolute atomic E-state index is 0.517. The van der Waals surface area contributed by atoms with Crippen LogP contribution in [0.15, 0.2) is 51.6 Å². The molecule has 2 N–H and O–H groups in total. The van der Waals surface area contributed by atoms with Crippen LogP contribution >= 0.6 is 11.8 Å². The van der Waals surface area contributed by atoms with E-state index in [4.69, 9.17) is 0 Å². The number of hydrogen-bond donors (Lipinski definition) is 2. The molecule has 0 atom stereocenters. The van der Waals surface area contributed by atoms with E-state index in [1.165, 1.54) is 27.8 Å². The standard InChI is InChI=1S/C21H22N6S/c1-13-8-14(2)18(15(3)9-13)12-28-21-24-20(26-27-21)25-23-11-19-17-7-5-4-6-16(17)10-22-19/h4-9,11H,10,12H2,1-3H3,(H2,24,25,26,27)/b23-11-. The first-order valence-corrected chi connectivity index (χ1v) is 10.1. The topological polar surface area (TPSA) is 78.3 Å². The molecule has 4 rings (SSSR count). The average Bonchev–Trinajstić information content (AvgIpc) is 3.28. The smallest absolute Gasteiger partial charge is 0.240 e. The quantitative estimate of drug-likeness (QED) is 0.371. The molecule has 2 heterocycles. The third-order valence-corrected chi connectivity index (χ3v) is 5.60. The minimum atomic E-state index is 0.517. The number of aromatic nitrogens is 3. The summed E-state index contributed by atoms with van der Waals surface area (Å²) in [6.07, 6.45) is 1.72. The van der Waals surface area contributed by atoms with Gasteiger partial charge in [0.15, 0.2) is 0 Å². The fourth-order valence-electron chi connectivity index (χ4n) is 3.36. The number of H-pyrrole nitrogens is 1. The second-order valence-electron chi connectivity index (χ2n) is 6.86. The Morgan fingerprint density at radius 1 is 1.18 bits per heavy atom. The van der Waals surface area contributed by atoms with Gasteiger partial charge in [0.25, 0.3) is 0 Å². The molecule has 6 nitrogen and oxygen atoms in total. The molecule has 2 aromatic carbocycles. The van der Waals surface area contributed by atoms with Crippen LogP contribution in [0.5, 0.6) is 0 Å². The summed E-state index contributed by atoms with van der Waals surface area (Å²) in [4.78, 5) is 8.94. The van der Waals surface area contributed by atoms with Crippen LogP contribution in [0.3, 0.4) is 0 Å². The second-order valence-corrected chi connectivity index (χ2v) is 7.80. The molecule has 28 heavy (non-hydrogen) atoms. The van der Waals surface area contributed by atoms with Crippen LogP contribution in [0.4, 0.5) is 5.95 Å². The van der Waals surface area contributed by atoms with Gasteiger partial charge in [-0.3, -0.25) is 4.99 Å².